The van der Waals surface area contributed by atoms with Gasteiger partial charge in [-0.15, -0.1) is 0 Å². The smallest absolute Gasteiger partial charge is 0.149 e. The first-order valence-corrected chi connectivity index (χ1v) is 6.60. The summed E-state index contributed by atoms with van der Waals surface area (Å²) in [4.78, 5) is 4.39. The fraction of sp³-hybridized carbons (Fsp3) is 0.643. The quantitative estimate of drug-likeness (QED) is 0.843. The number of aromatic nitrogens is 1. The topological polar surface area (TPSA) is 50.9 Å². The zero-order valence-corrected chi connectivity index (χ0v) is 11.0. The molecule has 0 aromatic carbocycles. The Balaban J connectivity index is 2.06. The Hall–Kier alpha value is -1.25. The van der Waals surface area contributed by atoms with Gasteiger partial charge in [-0.3, -0.25) is 0 Å². The standard InChI is InChI=1S/C14H23N3/c1-4-11-5-6-13(10(11)3)17-14-12(15)7-9(2)8-16-14/h7-8,10-11,13H,4-6,15H2,1-3H3,(H,16,17). The van der Waals surface area contributed by atoms with E-state index in [1.54, 1.807) is 0 Å². The fourth-order valence-corrected chi connectivity index (χ4v) is 2.92. The molecule has 1 aliphatic carbocycles. The lowest BCUT2D eigenvalue weighted by atomic mass is 9.93. The lowest BCUT2D eigenvalue weighted by molar-refractivity contribution is 0.391. The van der Waals surface area contributed by atoms with Crippen LogP contribution in [0.25, 0.3) is 0 Å². The van der Waals surface area contributed by atoms with Crippen LogP contribution >= 0.6 is 0 Å². The summed E-state index contributed by atoms with van der Waals surface area (Å²) in [6, 6.07) is 2.50. The minimum Gasteiger partial charge on any atom is -0.396 e. The Morgan fingerprint density at radius 2 is 2.24 bits per heavy atom. The Bertz CT molecular complexity index is 389. The van der Waals surface area contributed by atoms with Gasteiger partial charge in [-0.25, -0.2) is 4.98 Å². The Kier molecular flexibility index (Phi) is 3.55. The predicted molar refractivity (Wildman–Crippen MR) is 73.0 cm³/mol. The van der Waals surface area contributed by atoms with Crippen LogP contribution in [0.3, 0.4) is 0 Å². The average molecular weight is 233 g/mol. The Labute approximate surface area is 104 Å². The van der Waals surface area contributed by atoms with Crippen LogP contribution in [-0.2, 0) is 0 Å². The van der Waals surface area contributed by atoms with Crippen LogP contribution in [0.1, 0.15) is 38.7 Å². The van der Waals surface area contributed by atoms with Gasteiger partial charge in [-0.1, -0.05) is 20.3 Å². The molecule has 1 heterocycles. The number of hydrogen-bond acceptors (Lipinski definition) is 3. The number of nitrogens with zero attached hydrogens (tertiary/aromatic N) is 1. The largest absolute Gasteiger partial charge is 0.396 e. The lowest BCUT2D eigenvalue weighted by Gasteiger charge is -2.22. The molecule has 0 aliphatic heterocycles. The van der Waals surface area contributed by atoms with Crippen LogP contribution in [-0.4, -0.2) is 11.0 Å². The molecule has 3 N–H and O–H groups in total. The highest BCUT2D eigenvalue weighted by Gasteiger charge is 2.31. The molecule has 1 saturated carbocycles. The molecular formula is C14H23N3. The van der Waals surface area contributed by atoms with Crippen molar-refractivity contribution in [3.63, 3.8) is 0 Å². The molecule has 1 aromatic heterocycles. The van der Waals surface area contributed by atoms with Gasteiger partial charge in [-0.05, 0) is 43.2 Å². The molecule has 0 bridgehead atoms. The summed E-state index contributed by atoms with van der Waals surface area (Å²) in [6.45, 7) is 6.63. The molecular weight excluding hydrogens is 210 g/mol. The summed E-state index contributed by atoms with van der Waals surface area (Å²) in [6.07, 6.45) is 5.70. The van der Waals surface area contributed by atoms with E-state index in [-0.39, 0.29) is 0 Å². The average Bonchev–Trinajstić information content (AvgIpc) is 2.64. The molecule has 0 radical (unpaired) electrons. The number of anilines is 2. The second-order valence-electron chi connectivity index (χ2n) is 5.31. The molecule has 3 atom stereocenters. The third kappa shape index (κ3) is 2.54. The van der Waals surface area contributed by atoms with Gasteiger partial charge in [0.05, 0.1) is 5.69 Å². The number of rotatable bonds is 3. The molecule has 17 heavy (non-hydrogen) atoms. The maximum absolute atomic E-state index is 5.99. The van der Waals surface area contributed by atoms with Crippen LogP contribution in [0.2, 0.25) is 0 Å². The normalized spacial score (nSPS) is 28.3. The first-order valence-electron chi connectivity index (χ1n) is 6.60. The van der Waals surface area contributed by atoms with Crippen molar-refractivity contribution in [3.8, 4) is 0 Å². The van der Waals surface area contributed by atoms with Gasteiger partial charge in [0, 0.05) is 12.2 Å². The lowest BCUT2D eigenvalue weighted by Crippen LogP contribution is -2.25. The van der Waals surface area contributed by atoms with Crippen molar-refractivity contribution in [2.24, 2.45) is 11.8 Å². The number of pyridine rings is 1. The molecule has 1 aliphatic rings. The van der Waals surface area contributed by atoms with Crippen LogP contribution in [0.5, 0.6) is 0 Å². The summed E-state index contributed by atoms with van der Waals surface area (Å²) < 4.78 is 0. The third-order valence-electron chi connectivity index (χ3n) is 4.13. The molecule has 3 heteroatoms. The molecule has 1 aromatic rings. The highest BCUT2D eigenvalue weighted by Crippen LogP contribution is 2.36. The van der Waals surface area contributed by atoms with Crippen molar-refractivity contribution in [1.29, 1.82) is 0 Å². The molecule has 2 rings (SSSR count). The SMILES string of the molecule is CCC1CCC(Nc2ncc(C)cc2N)C1C. The predicted octanol–water partition coefficient (Wildman–Crippen LogP) is 3.21. The Morgan fingerprint density at radius 3 is 2.82 bits per heavy atom. The van der Waals surface area contributed by atoms with Gasteiger partial charge >= 0.3 is 0 Å². The van der Waals surface area contributed by atoms with E-state index in [9.17, 15) is 0 Å². The number of aryl methyl sites for hydroxylation is 1. The first-order chi connectivity index (χ1) is 8.11. The van der Waals surface area contributed by atoms with E-state index in [1.807, 2.05) is 19.2 Å². The summed E-state index contributed by atoms with van der Waals surface area (Å²) in [5.41, 5.74) is 7.86. The monoisotopic (exact) mass is 233 g/mol. The molecule has 3 unspecified atom stereocenters. The third-order valence-corrected chi connectivity index (χ3v) is 4.13. The summed E-state index contributed by atoms with van der Waals surface area (Å²) in [7, 11) is 0. The molecule has 0 spiro atoms. The minimum absolute atomic E-state index is 0.525. The van der Waals surface area contributed by atoms with Gasteiger partial charge in [-0.2, -0.15) is 0 Å². The second kappa shape index (κ2) is 4.94. The van der Waals surface area contributed by atoms with Crippen molar-refractivity contribution in [2.45, 2.75) is 46.1 Å². The number of nitrogens with two attached hydrogens (primary N) is 1. The molecule has 0 saturated heterocycles. The Morgan fingerprint density at radius 1 is 1.47 bits per heavy atom. The van der Waals surface area contributed by atoms with E-state index in [1.165, 1.54) is 19.3 Å². The fourth-order valence-electron chi connectivity index (χ4n) is 2.92. The van der Waals surface area contributed by atoms with Crippen molar-refractivity contribution < 1.29 is 0 Å². The first kappa shape index (κ1) is 12.2. The maximum Gasteiger partial charge on any atom is 0.149 e. The number of hydrogen-bond donors (Lipinski definition) is 2. The molecule has 94 valence electrons. The van der Waals surface area contributed by atoms with Crippen LogP contribution in [0.15, 0.2) is 12.3 Å². The van der Waals surface area contributed by atoms with E-state index in [0.717, 1.165) is 23.0 Å². The highest BCUT2D eigenvalue weighted by molar-refractivity contribution is 5.62. The maximum atomic E-state index is 5.99. The minimum atomic E-state index is 0.525. The highest BCUT2D eigenvalue weighted by atomic mass is 15.0. The molecule has 0 amide bonds. The summed E-state index contributed by atoms with van der Waals surface area (Å²) in [5.74, 6) is 2.41. The van der Waals surface area contributed by atoms with E-state index >= 15 is 0 Å². The van der Waals surface area contributed by atoms with Gasteiger partial charge in [0.2, 0.25) is 0 Å². The molecule has 3 nitrogen and oxygen atoms in total. The number of nitrogen functional groups attached to an aromatic ring is 1. The summed E-state index contributed by atoms with van der Waals surface area (Å²) >= 11 is 0. The second-order valence-corrected chi connectivity index (χ2v) is 5.31. The van der Waals surface area contributed by atoms with Crippen molar-refractivity contribution >= 4 is 11.5 Å². The van der Waals surface area contributed by atoms with E-state index in [2.05, 4.69) is 24.1 Å². The van der Waals surface area contributed by atoms with E-state index in [4.69, 9.17) is 5.73 Å². The summed E-state index contributed by atoms with van der Waals surface area (Å²) in [5, 5.41) is 3.51. The van der Waals surface area contributed by atoms with Crippen LogP contribution < -0.4 is 11.1 Å². The molecule has 1 fully saturated rings. The number of nitrogens with one attached hydrogen (secondary N) is 1. The van der Waals surface area contributed by atoms with E-state index in [0.29, 0.717) is 12.0 Å². The van der Waals surface area contributed by atoms with E-state index < -0.39 is 0 Å². The van der Waals surface area contributed by atoms with Gasteiger partial charge < -0.3 is 11.1 Å². The zero-order chi connectivity index (χ0) is 12.4. The van der Waals surface area contributed by atoms with Crippen molar-refractivity contribution in [1.82, 2.24) is 4.98 Å². The van der Waals surface area contributed by atoms with Crippen LogP contribution in [0.4, 0.5) is 11.5 Å². The van der Waals surface area contributed by atoms with Gasteiger partial charge in [0.1, 0.15) is 5.82 Å². The van der Waals surface area contributed by atoms with Crippen molar-refractivity contribution in [3.05, 3.63) is 17.8 Å². The van der Waals surface area contributed by atoms with Crippen molar-refractivity contribution in [2.75, 3.05) is 11.1 Å². The van der Waals surface area contributed by atoms with Gasteiger partial charge in [0.25, 0.3) is 0 Å². The van der Waals surface area contributed by atoms with Crippen LogP contribution in [0, 0.1) is 18.8 Å². The zero-order valence-electron chi connectivity index (χ0n) is 11.0. The van der Waals surface area contributed by atoms with Gasteiger partial charge in [0.15, 0.2) is 0 Å².